The van der Waals surface area contributed by atoms with Gasteiger partial charge in [0.2, 0.25) is 5.91 Å². The number of hydrogen-bond acceptors (Lipinski definition) is 3. The fourth-order valence-electron chi connectivity index (χ4n) is 1.53. The Balaban J connectivity index is 2.73. The minimum atomic E-state index is -1.04. The van der Waals surface area contributed by atoms with E-state index in [9.17, 15) is 9.59 Å². The second kappa shape index (κ2) is 7.91. The topological polar surface area (TPSA) is 66.8 Å². The number of carboxylic acids is 1. The van der Waals surface area contributed by atoms with Gasteiger partial charge in [0.1, 0.15) is 13.2 Å². The van der Waals surface area contributed by atoms with Crippen LogP contribution in [0.15, 0.2) is 28.7 Å². The SMILES string of the molecule is CCOCC(=O)N(CC(=O)O)Cc1cccc(Br)c1. The number of halogens is 1. The van der Waals surface area contributed by atoms with Crippen molar-refractivity contribution >= 4 is 27.8 Å². The molecule has 0 aromatic heterocycles. The molecule has 1 rings (SSSR count). The largest absolute Gasteiger partial charge is 0.480 e. The monoisotopic (exact) mass is 329 g/mol. The molecule has 0 spiro atoms. The maximum absolute atomic E-state index is 11.9. The number of rotatable bonds is 7. The molecule has 5 nitrogen and oxygen atoms in total. The van der Waals surface area contributed by atoms with E-state index in [1.807, 2.05) is 24.3 Å². The molecule has 0 fully saturated rings. The summed E-state index contributed by atoms with van der Waals surface area (Å²) in [6, 6.07) is 7.40. The highest BCUT2D eigenvalue weighted by molar-refractivity contribution is 9.10. The Labute approximate surface area is 120 Å². The Bertz CT molecular complexity index is 450. The molecule has 0 unspecified atom stereocenters. The third kappa shape index (κ3) is 5.85. The zero-order chi connectivity index (χ0) is 14.3. The van der Waals surface area contributed by atoms with Crippen molar-refractivity contribution in [2.45, 2.75) is 13.5 Å². The van der Waals surface area contributed by atoms with Crippen LogP contribution in [0.25, 0.3) is 0 Å². The van der Waals surface area contributed by atoms with Gasteiger partial charge >= 0.3 is 5.97 Å². The molecule has 6 heteroatoms. The summed E-state index contributed by atoms with van der Waals surface area (Å²) in [7, 11) is 0. The van der Waals surface area contributed by atoms with Crippen molar-refractivity contribution in [3.8, 4) is 0 Å². The quantitative estimate of drug-likeness (QED) is 0.829. The smallest absolute Gasteiger partial charge is 0.323 e. The van der Waals surface area contributed by atoms with Crippen LogP contribution in [0.5, 0.6) is 0 Å². The third-order valence-corrected chi connectivity index (χ3v) is 2.86. The van der Waals surface area contributed by atoms with Crippen molar-refractivity contribution in [1.29, 1.82) is 0 Å². The number of benzene rings is 1. The number of ether oxygens (including phenoxy) is 1. The number of amides is 1. The fourth-order valence-corrected chi connectivity index (χ4v) is 1.98. The van der Waals surface area contributed by atoms with Crippen LogP contribution in [0, 0.1) is 0 Å². The molecule has 19 heavy (non-hydrogen) atoms. The fraction of sp³-hybridized carbons (Fsp3) is 0.385. The van der Waals surface area contributed by atoms with E-state index in [1.54, 1.807) is 6.92 Å². The lowest BCUT2D eigenvalue weighted by atomic mass is 10.2. The Morgan fingerprint density at radius 3 is 2.74 bits per heavy atom. The highest BCUT2D eigenvalue weighted by Gasteiger charge is 2.17. The summed E-state index contributed by atoms with van der Waals surface area (Å²) in [6.07, 6.45) is 0. The van der Waals surface area contributed by atoms with Gasteiger partial charge in [0.25, 0.3) is 0 Å². The summed E-state index contributed by atoms with van der Waals surface area (Å²) in [5.41, 5.74) is 0.862. The molecule has 0 heterocycles. The molecule has 1 aromatic rings. The molecule has 0 aliphatic heterocycles. The van der Waals surface area contributed by atoms with Crippen molar-refractivity contribution in [2.24, 2.45) is 0 Å². The first-order valence-electron chi connectivity index (χ1n) is 5.84. The lowest BCUT2D eigenvalue weighted by Gasteiger charge is -2.20. The number of aliphatic carboxylic acids is 1. The maximum atomic E-state index is 11.9. The van der Waals surface area contributed by atoms with Crippen LogP contribution in [0.4, 0.5) is 0 Å². The molecule has 104 valence electrons. The van der Waals surface area contributed by atoms with Crippen LogP contribution < -0.4 is 0 Å². The van der Waals surface area contributed by atoms with E-state index < -0.39 is 5.97 Å². The molecule has 0 aliphatic rings. The van der Waals surface area contributed by atoms with E-state index in [0.29, 0.717) is 6.61 Å². The lowest BCUT2D eigenvalue weighted by molar-refractivity contribution is -0.146. The summed E-state index contributed by atoms with van der Waals surface area (Å²) < 4.78 is 5.91. The van der Waals surface area contributed by atoms with Gasteiger partial charge in [0, 0.05) is 17.6 Å². The minimum absolute atomic E-state index is 0.0994. The first-order chi connectivity index (χ1) is 9.02. The highest BCUT2D eigenvalue weighted by Crippen LogP contribution is 2.13. The standard InChI is InChI=1S/C13H16BrNO4/c1-2-19-9-12(16)15(8-13(17)18)7-10-4-3-5-11(14)6-10/h3-6H,2,7-9H2,1H3,(H,17,18). The summed E-state index contributed by atoms with van der Waals surface area (Å²) in [6.45, 7) is 2.01. The van der Waals surface area contributed by atoms with Crippen LogP contribution in [0.3, 0.4) is 0 Å². The van der Waals surface area contributed by atoms with Gasteiger partial charge in [-0.2, -0.15) is 0 Å². The Morgan fingerprint density at radius 1 is 1.42 bits per heavy atom. The van der Waals surface area contributed by atoms with Gasteiger partial charge in [0.05, 0.1) is 0 Å². The van der Waals surface area contributed by atoms with E-state index in [2.05, 4.69) is 15.9 Å². The molecular formula is C13H16BrNO4. The molecule has 1 amide bonds. The van der Waals surface area contributed by atoms with Crippen molar-refractivity contribution in [3.05, 3.63) is 34.3 Å². The molecule has 0 bridgehead atoms. The molecule has 0 radical (unpaired) electrons. The van der Waals surface area contributed by atoms with Crippen molar-refractivity contribution in [1.82, 2.24) is 4.90 Å². The molecule has 0 saturated carbocycles. The minimum Gasteiger partial charge on any atom is -0.480 e. The van der Waals surface area contributed by atoms with E-state index in [-0.39, 0.29) is 25.6 Å². The van der Waals surface area contributed by atoms with E-state index in [4.69, 9.17) is 9.84 Å². The van der Waals surface area contributed by atoms with Crippen LogP contribution in [0.1, 0.15) is 12.5 Å². The van der Waals surface area contributed by atoms with Crippen LogP contribution >= 0.6 is 15.9 Å². The van der Waals surface area contributed by atoms with Crippen LogP contribution in [-0.2, 0) is 20.9 Å². The Hall–Kier alpha value is -1.40. The average Bonchev–Trinajstić information content (AvgIpc) is 2.34. The van der Waals surface area contributed by atoms with E-state index in [1.165, 1.54) is 4.90 Å². The first kappa shape index (κ1) is 15.7. The van der Waals surface area contributed by atoms with Crippen LogP contribution in [-0.4, -0.2) is 41.6 Å². The molecule has 1 aromatic carbocycles. The van der Waals surface area contributed by atoms with Crippen LogP contribution in [0.2, 0.25) is 0 Å². The van der Waals surface area contributed by atoms with Gasteiger partial charge in [-0.25, -0.2) is 0 Å². The number of carbonyl (C=O) groups excluding carboxylic acids is 1. The highest BCUT2D eigenvalue weighted by atomic mass is 79.9. The molecule has 0 aliphatic carbocycles. The summed E-state index contributed by atoms with van der Waals surface area (Å²) in [4.78, 5) is 23.9. The van der Waals surface area contributed by atoms with Gasteiger partial charge in [-0.05, 0) is 24.6 Å². The number of carbonyl (C=O) groups is 2. The third-order valence-electron chi connectivity index (χ3n) is 2.37. The molecule has 0 atom stereocenters. The predicted molar refractivity (Wildman–Crippen MR) is 73.7 cm³/mol. The van der Waals surface area contributed by atoms with Gasteiger partial charge in [-0.3, -0.25) is 9.59 Å². The summed E-state index contributed by atoms with van der Waals surface area (Å²) in [5.74, 6) is -1.37. The maximum Gasteiger partial charge on any atom is 0.323 e. The van der Waals surface area contributed by atoms with Gasteiger partial charge < -0.3 is 14.7 Å². The zero-order valence-electron chi connectivity index (χ0n) is 10.6. The van der Waals surface area contributed by atoms with E-state index in [0.717, 1.165) is 10.0 Å². The van der Waals surface area contributed by atoms with Gasteiger partial charge in [-0.15, -0.1) is 0 Å². The van der Waals surface area contributed by atoms with Gasteiger partial charge in [0.15, 0.2) is 0 Å². The van der Waals surface area contributed by atoms with E-state index >= 15 is 0 Å². The zero-order valence-corrected chi connectivity index (χ0v) is 12.2. The first-order valence-corrected chi connectivity index (χ1v) is 6.64. The summed E-state index contributed by atoms with van der Waals surface area (Å²) in [5, 5.41) is 8.85. The Morgan fingerprint density at radius 2 is 2.16 bits per heavy atom. The number of nitrogens with zero attached hydrogens (tertiary/aromatic N) is 1. The number of hydrogen-bond donors (Lipinski definition) is 1. The number of carboxylic acid groups (broad SMARTS) is 1. The Kier molecular flexibility index (Phi) is 6.52. The predicted octanol–water partition coefficient (Wildman–Crippen LogP) is 1.90. The second-order valence-corrected chi connectivity index (χ2v) is 4.83. The summed E-state index contributed by atoms with van der Waals surface area (Å²) >= 11 is 3.34. The molecular weight excluding hydrogens is 314 g/mol. The van der Waals surface area contributed by atoms with Gasteiger partial charge in [-0.1, -0.05) is 28.1 Å². The van der Waals surface area contributed by atoms with Crippen molar-refractivity contribution < 1.29 is 19.4 Å². The average molecular weight is 330 g/mol. The normalized spacial score (nSPS) is 10.2. The molecule has 1 N–H and O–H groups in total. The second-order valence-electron chi connectivity index (χ2n) is 3.91. The molecule has 0 saturated heterocycles. The lowest BCUT2D eigenvalue weighted by Crippen LogP contribution is -2.37. The van der Waals surface area contributed by atoms with Crippen molar-refractivity contribution in [2.75, 3.05) is 19.8 Å². The van der Waals surface area contributed by atoms with Crippen molar-refractivity contribution in [3.63, 3.8) is 0 Å².